The van der Waals surface area contributed by atoms with E-state index in [4.69, 9.17) is 16.3 Å². The Bertz CT molecular complexity index is 793. The monoisotopic (exact) mass is 304 g/mol. The Hall–Kier alpha value is -2.34. The maximum atomic E-state index is 11.6. The van der Waals surface area contributed by atoms with E-state index in [1.165, 1.54) is 6.20 Å². The maximum absolute atomic E-state index is 11.6. The predicted molar refractivity (Wildman–Crippen MR) is 77.5 cm³/mol. The summed E-state index contributed by atoms with van der Waals surface area (Å²) in [4.78, 5) is 16.0. The molecule has 0 bridgehead atoms. The number of aromatic nitrogens is 4. The lowest BCUT2D eigenvalue weighted by atomic mass is 10.4. The van der Waals surface area contributed by atoms with Crippen LogP contribution in [0, 0.1) is 0 Å². The number of carbonyl (C=O) groups excluding carboxylic acids is 1. The second-order valence-electron chi connectivity index (χ2n) is 4.49. The van der Waals surface area contributed by atoms with E-state index in [0.717, 1.165) is 11.3 Å². The third-order valence-corrected chi connectivity index (χ3v) is 3.16. The first-order valence-corrected chi connectivity index (χ1v) is 6.86. The summed E-state index contributed by atoms with van der Waals surface area (Å²) in [6, 6.07) is 3.64. The molecule has 3 rings (SSSR count). The van der Waals surface area contributed by atoms with Gasteiger partial charge in [-0.1, -0.05) is 11.6 Å². The zero-order valence-electron chi connectivity index (χ0n) is 11.4. The van der Waals surface area contributed by atoms with Crippen molar-refractivity contribution < 1.29 is 9.53 Å². The van der Waals surface area contributed by atoms with E-state index >= 15 is 0 Å². The first kappa shape index (κ1) is 13.6. The van der Waals surface area contributed by atoms with E-state index < -0.39 is 0 Å². The van der Waals surface area contributed by atoms with Crippen molar-refractivity contribution in [1.29, 1.82) is 0 Å². The van der Waals surface area contributed by atoms with Crippen molar-refractivity contribution in [2.75, 3.05) is 6.61 Å². The quantitative estimate of drug-likeness (QED) is 0.694. The summed E-state index contributed by atoms with van der Waals surface area (Å²) < 4.78 is 8.43. The van der Waals surface area contributed by atoms with Gasteiger partial charge in [0, 0.05) is 18.6 Å². The fourth-order valence-corrected chi connectivity index (χ4v) is 2.20. The van der Waals surface area contributed by atoms with Gasteiger partial charge in [-0.05, 0) is 19.1 Å². The number of nitrogens with zero attached hydrogens (tertiary/aromatic N) is 4. The Balaban J connectivity index is 1.80. The zero-order chi connectivity index (χ0) is 14.8. The van der Waals surface area contributed by atoms with Gasteiger partial charge in [-0.25, -0.2) is 9.78 Å². The number of esters is 1. The first-order valence-electron chi connectivity index (χ1n) is 6.48. The average molecular weight is 305 g/mol. The van der Waals surface area contributed by atoms with Crippen molar-refractivity contribution in [3.05, 3.63) is 53.2 Å². The summed E-state index contributed by atoms with van der Waals surface area (Å²) in [5, 5.41) is 4.79. The third-order valence-electron chi connectivity index (χ3n) is 2.93. The largest absolute Gasteiger partial charge is 0.462 e. The van der Waals surface area contributed by atoms with E-state index in [1.807, 2.05) is 16.7 Å². The van der Waals surface area contributed by atoms with Crippen molar-refractivity contribution >= 4 is 23.2 Å². The van der Waals surface area contributed by atoms with Crippen LogP contribution in [0.2, 0.25) is 5.02 Å². The maximum Gasteiger partial charge on any atom is 0.341 e. The average Bonchev–Trinajstić information content (AvgIpc) is 3.05. The van der Waals surface area contributed by atoms with Crippen LogP contribution in [0.4, 0.5) is 0 Å². The molecule has 0 saturated carbocycles. The van der Waals surface area contributed by atoms with Crippen LogP contribution in [0.1, 0.15) is 23.0 Å². The highest BCUT2D eigenvalue weighted by atomic mass is 35.5. The second kappa shape index (κ2) is 5.57. The van der Waals surface area contributed by atoms with Crippen LogP contribution in [0.15, 0.2) is 36.9 Å². The summed E-state index contributed by atoms with van der Waals surface area (Å²) in [7, 11) is 0. The fourth-order valence-electron chi connectivity index (χ4n) is 2.03. The first-order chi connectivity index (χ1) is 10.2. The predicted octanol–water partition coefficient (Wildman–Crippen LogP) is 2.41. The Morgan fingerprint density at radius 1 is 1.33 bits per heavy atom. The van der Waals surface area contributed by atoms with Crippen molar-refractivity contribution in [3.63, 3.8) is 0 Å². The van der Waals surface area contributed by atoms with Gasteiger partial charge in [0.05, 0.1) is 35.6 Å². The number of pyridine rings is 1. The molecule has 3 aromatic heterocycles. The van der Waals surface area contributed by atoms with E-state index in [9.17, 15) is 4.79 Å². The Labute approximate surface area is 125 Å². The van der Waals surface area contributed by atoms with Crippen LogP contribution in [0.3, 0.4) is 0 Å². The smallest absolute Gasteiger partial charge is 0.341 e. The highest BCUT2D eigenvalue weighted by molar-refractivity contribution is 6.30. The molecule has 6 nitrogen and oxygen atoms in total. The van der Waals surface area contributed by atoms with Gasteiger partial charge in [-0.15, -0.1) is 0 Å². The molecule has 0 aliphatic carbocycles. The molecule has 0 spiro atoms. The van der Waals surface area contributed by atoms with E-state index in [2.05, 4.69) is 10.1 Å². The van der Waals surface area contributed by atoms with Gasteiger partial charge in [-0.2, -0.15) is 5.10 Å². The molecule has 0 aliphatic rings. The van der Waals surface area contributed by atoms with Crippen LogP contribution in [-0.2, 0) is 11.3 Å². The topological polar surface area (TPSA) is 61.4 Å². The second-order valence-corrected chi connectivity index (χ2v) is 4.93. The molecule has 0 N–H and O–H groups in total. The molecule has 3 heterocycles. The molecular weight excluding hydrogens is 292 g/mol. The molecule has 0 unspecified atom stereocenters. The molecule has 0 amide bonds. The van der Waals surface area contributed by atoms with Gasteiger partial charge in [0.2, 0.25) is 0 Å². The van der Waals surface area contributed by atoms with Crippen LogP contribution >= 0.6 is 11.6 Å². The highest BCUT2D eigenvalue weighted by Crippen LogP contribution is 2.12. The minimum absolute atomic E-state index is 0.344. The molecule has 0 radical (unpaired) electrons. The van der Waals surface area contributed by atoms with Crippen LogP contribution in [0.25, 0.3) is 5.65 Å². The molecule has 0 atom stereocenters. The van der Waals surface area contributed by atoms with Crippen molar-refractivity contribution in [3.8, 4) is 0 Å². The molecule has 0 aliphatic heterocycles. The van der Waals surface area contributed by atoms with Gasteiger partial charge >= 0.3 is 5.97 Å². The van der Waals surface area contributed by atoms with Crippen molar-refractivity contribution in [2.24, 2.45) is 0 Å². The zero-order valence-corrected chi connectivity index (χ0v) is 12.1. The van der Waals surface area contributed by atoms with Gasteiger partial charge in [0.25, 0.3) is 0 Å². The summed E-state index contributed by atoms with van der Waals surface area (Å²) in [5.74, 6) is -0.370. The van der Waals surface area contributed by atoms with E-state index in [1.54, 1.807) is 30.1 Å². The molecule has 0 saturated heterocycles. The minimum atomic E-state index is -0.370. The van der Waals surface area contributed by atoms with Crippen LogP contribution < -0.4 is 0 Å². The fraction of sp³-hybridized carbons (Fsp3) is 0.214. The van der Waals surface area contributed by atoms with Crippen molar-refractivity contribution in [2.45, 2.75) is 13.5 Å². The van der Waals surface area contributed by atoms with Gasteiger partial charge in [-0.3, -0.25) is 4.68 Å². The van der Waals surface area contributed by atoms with Crippen LogP contribution in [-0.4, -0.2) is 31.7 Å². The summed E-state index contributed by atoms with van der Waals surface area (Å²) >= 11 is 5.94. The van der Waals surface area contributed by atoms with Gasteiger partial charge in [0.1, 0.15) is 5.65 Å². The lowest BCUT2D eigenvalue weighted by Gasteiger charge is -1.97. The van der Waals surface area contributed by atoms with E-state index in [0.29, 0.717) is 23.7 Å². The molecule has 21 heavy (non-hydrogen) atoms. The molecular formula is C14H13ClN4O2. The van der Waals surface area contributed by atoms with Crippen molar-refractivity contribution in [1.82, 2.24) is 19.2 Å². The Morgan fingerprint density at radius 2 is 2.19 bits per heavy atom. The number of halogens is 1. The number of fused-ring (bicyclic) bond motifs is 1. The summed E-state index contributed by atoms with van der Waals surface area (Å²) in [6.07, 6.45) is 6.81. The standard InChI is InChI=1S/C14H13ClN4O2/c1-2-21-14(20)10-5-16-19(6-10)9-12-8-18-7-11(15)3-4-13(18)17-12/h3-8H,2,9H2,1H3. The van der Waals surface area contributed by atoms with Gasteiger partial charge in [0.15, 0.2) is 0 Å². The number of hydrogen-bond acceptors (Lipinski definition) is 4. The molecule has 7 heteroatoms. The number of rotatable bonds is 4. The number of ether oxygens (including phenoxy) is 1. The minimum Gasteiger partial charge on any atom is -0.462 e. The lowest BCUT2D eigenvalue weighted by molar-refractivity contribution is 0.0526. The van der Waals surface area contributed by atoms with Gasteiger partial charge < -0.3 is 9.14 Å². The third kappa shape index (κ3) is 2.90. The number of carbonyl (C=O) groups is 1. The van der Waals surface area contributed by atoms with E-state index in [-0.39, 0.29) is 5.97 Å². The molecule has 3 aromatic rings. The lowest BCUT2D eigenvalue weighted by Crippen LogP contribution is -2.04. The summed E-state index contributed by atoms with van der Waals surface area (Å²) in [5.41, 5.74) is 2.08. The van der Waals surface area contributed by atoms with Crippen LogP contribution in [0.5, 0.6) is 0 Å². The Kier molecular flexibility index (Phi) is 3.62. The SMILES string of the molecule is CCOC(=O)c1cnn(Cc2cn3cc(Cl)ccc3n2)c1. The summed E-state index contributed by atoms with van der Waals surface area (Å²) in [6.45, 7) is 2.58. The number of hydrogen-bond donors (Lipinski definition) is 0. The highest BCUT2D eigenvalue weighted by Gasteiger charge is 2.10. The number of imidazole rings is 1. The Morgan fingerprint density at radius 3 is 3.00 bits per heavy atom. The normalized spacial score (nSPS) is 11.0. The molecule has 0 aromatic carbocycles. The molecule has 0 fully saturated rings. The molecule has 108 valence electrons.